The number of hydrogen-bond acceptors (Lipinski definition) is 4. The summed E-state index contributed by atoms with van der Waals surface area (Å²) in [6, 6.07) is 10.5. The number of nitrogens with one attached hydrogen (secondary N) is 1. The van der Waals surface area contributed by atoms with E-state index in [-0.39, 0.29) is 12.1 Å². The van der Waals surface area contributed by atoms with Gasteiger partial charge in [0.2, 0.25) is 0 Å². The molecule has 0 radical (unpaired) electrons. The molecule has 1 unspecified atom stereocenters. The predicted octanol–water partition coefficient (Wildman–Crippen LogP) is 5.77. The highest BCUT2D eigenvalue weighted by Crippen LogP contribution is 2.38. The van der Waals surface area contributed by atoms with Gasteiger partial charge in [-0.1, -0.05) is 35.9 Å². The van der Waals surface area contributed by atoms with E-state index in [9.17, 15) is 4.79 Å². The lowest BCUT2D eigenvalue weighted by Gasteiger charge is -2.34. The molecule has 31 heavy (non-hydrogen) atoms. The summed E-state index contributed by atoms with van der Waals surface area (Å²) in [6.45, 7) is 8.97. The number of fused-ring (bicyclic) bond motifs is 1. The third-order valence-electron chi connectivity index (χ3n) is 5.82. The molecule has 1 aliphatic heterocycles. The lowest BCUT2D eigenvalue weighted by Crippen LogP contribution is -2.48. The average molecular weight is 445 g/mol. The number of halogens is 1. The summed E-state index contributed by atoms with van der Waals surface area (Å²) in [4.78, 5) is 14.6. The molecule has 168 valence electrons. The first-order valence-electron chi connectivity index (χ1n) is 11.3. The van der Waals surface area contributed by atoms with Crippen LogP contribution in [-0.4, -0.2) is 42.3 Å². The van der Waals surface area contributed by atoms with Crippen LogP contribution in [0.15, 0.2) is 30.3 Å². The number of carbonyl (C=O) groups is 1. The Morgan fingerprint density at radius 1 is 1.19 bits per heavy atom. The zero-order valence-electron chi connectivity index (χ0n) is 18.7. The number of piperidine rings is 1. The number of alkyl carbamates (subject to hydrolysis) is 1. The van der Waals surface area contributed by atoms with Gasteiger partial charge in [-0.2, -0.15) is 0 Å². The molecule has 1 saturated carbocycles. The Morgan fingerprint density at radius 3 is 2.65 bits per heavy atom. The Kier molecular flexibility index (Phi) is 6.63. The first-order chi connectivity index (χ1) is 14.8. The lowest BCUT2D eigenvalue weighted by atomic mass is 10.0. The highest BCUT2D eigenvalue weighted by atomic mass is 35.5. The summed E-state index contributed by atoms with van der Waals surface area (Å²) in [6.07, 6.45) is 4.16. The third-order valence-corrected chi connectivity index (χ3v) is 6.10. The van der Waals surface area contributed by atoms with Crippen molar-refractivity contribution in [2.45, 2.75) is 64.6 Å². The maximum Gasteiger partial charge on any atom is 0.407 e. The summed E-state index contributed by atoms with van der Waals surface area (Å²) in [7, 11) is 0. The van der Waals surface area contributed by atoms with Crippen LogP contribution in [0.3, 0.4) is 0 Å². The van der Waals surface area contributed by atoms with Crippen LogP contribution < -0.4 is 10.1 Å². The number of amides is 1. The fraction of sp³-hybridized carbons (Fsp3) is 0.560. The highest BCUT2D eigenvalue weighted by molar-refractivity contribution is 6.33. The van der Waals surface area contributed by atoms with E-state index in [0.29, 0.717) is 10.9 Å². The fourth-order valence-electron chi connectivity index (χ4n) is 4.18. The van der Waals surface area contributed by atoms with Crippen LogP contribution in [0.4, 0.5) is 4.79 Å². The number of ether oxygens (including phenoxy) is 2. The summed E-state index contributed by atoms with van der Waals surface area (Å²) in [5, 5.41) is 5.96. The Morgan fingerprint density at radius 2 is 1.94 bits per heavy atom. The number of nitrogens with zero attached hydrogens (tertiary/aromatic N) is 1. The van der Waals surface area contributed by atoms with Crippen LogP contribution in [0, 0.1) is 5.92 Å². The smallest absolute Gasteiger partial charge is 0.407 e. The highest BCUT2D eigenvalue weighted by Gasteiger charge is 2.26. The summed E-state index contributed by atoms with van der Waals surface area (Å²) in [5.74, 6) is 1.48. The molecule has 6 heteroatoms. The van der Waals surface area contributed by atoms with E-state index in [1.165, 1.54) is 23.8 Å². The van der Waals surface area contributed by atoms with Crippen molar-refractivity contribution < 1.29 is 14.3 Å². The molecule has 2 aromatic carbocycles. The van der Waals surface area contributed by atoms with Crippen LogP contribution in [0.5, 0.6) is 5.75 Å². The summed E-state index contributed by atoms with van der Waals surface area (Å²) >= 11 is 6.67. The van der Waals surface area contributed by atoms with Crippen molar-refractivity contribution in [2.24, 2.45) is 5.92 Å². The molecule has 4 rings (SSSR count). The summed E-state index contributed by atoms with van der Waals surface area (Å²) in [5.41, 5.74) is 0.703. The number of carbonyl (C=O) groups excluding carboxylic acids is 1. The molecule has 1 amide bonds. The first-order valence-corrected chi connectivity index (χ1v) is 11.7. The Labute approximate surface area is 190 Å². The third kappa shape index (κ3) is 6.05. The van der Waals surface area contributed by atoms with E-state index in [4.69, 9.17) is 21.1 Å². The van der Waals surface area contributed by atoms with Crippen molar-refractivity contribution in [3.8, 4) is 5.75 Å². The largest absolute Gasteiger partial charge is 0.491 e. The molecule has 1 N–H and O–H groups in total. The minimum absolute atomic E-state index is 0.0893. The molecular formula is C25H33ClN2O3. The topological polar surface area (TPSA) is 50.8 Å². The lowest BCUT2D eigenvalue weighted by molar-refractivity contribution is 0.0470. The minimum Gasteiger partial charge on any atom is -0.491 e. The van der Waals surface area contributed by atoms with Crippen LogP contribution in [0.2, 0.25) is 5.02 Å². The van der Waals surface area contributed by atoms with Crippen molar-refractivity contribution in [1.82, 2.24) is 10.2 Å². The first kappa shape index (κ1) is 22.2. The predicted molar refractivity (Wildman–Crippen MR) is 125 cm³/mol. The number of benzene rings is 2. The monoisotopic (exact) mass is 444 g/mol. The van der Waals surface area contributed by atoms with Crippen molar-refractivity contribution in [3.05, 3.63) is 40.9 Å². The molecule has 1 aliphatic carbocycles. The van der Waals surface area contributed by atoms with Gasteiger partial charge in [0.15, 0.2) is 0 Å². The second-order valence-electron chi connectivity index (χ2n) is 9.87. The van der Waals surface area contributed by atoms with Gasteiger partial charge in [0, 0.05) is 24.5 Å². The Balaban J connectivity index is 1.46. The maximum atomic E-state index is 12.2. The molecule has 0 aromatic heterocycles. The van der Waals surface area contributed by atoms with Crippen LogP contribution in [0.1, 0.15) is 52.0 Å². The Bertz CT molecular complexity index is 936. The summed E-state index contributed by atoms with van der Waals surface area (Å²) < 4.78 is 11.5. The zero-order chi connectivity index (χ0) is 22.0. The normalized spacial score (nSPS) is 19.9. The quantitative estimate of drug-likeness (QED) is 0.614. The maximum absolute atomic E-state index is 12.2. The molecular weight excluding hydrogens is 412 g/mol. The molecule has 1 heterocycles. The van der Waals surface area contributed by atoms with Gasteiger partial charge in [-0.25, -0.2) is 4.79 Å². The van der Waals surface area contributed by atoms with E-state index in [0.717, 1.165) is 50.2 Å². The van der Waals surface area contributed by atoms with Gasteiger partial charge in [0.25, 0.3) is 0 Å². The van der Waals surface area contributed by atoms with Gasteiger partial charge in [-0.3, -0.25) is 4.90 Å². The zero-order valence-corrected chi connectivity index (χ0v) is 19.5. The van der Waals surface area contributed by atoms with Crippen LogP contribution in [-0.2, 0) is 11.3 Å². The van der Waals surface area contributed by atoms with Gasteiger partial charge in [0.1, 0.15) is 11.4 Å². The molecule has 0 bridgehead atoms. The van der Waals surface area contributed by atoms with Crippen molar-refractivity contribution in [2.75, 3.05) is 19.7 Å². The average Bonchev–Trinajstić information content (AvgIpc) is 3.51. The molecule has 1 atom stereocenters. The van der Waals surface area contributed by atoms with Gasteiger partial charge < -0.3 is 14.8 Å². The number of hydrogen-bond donors (Lipinski definition) is 1. The minimum atomic E-state index is -0.489. The van der Waals surface area contributed by atoms with Crippen LogP contribution >= 0.6 is 11.6 Å². The van der Waals surface area contributed by atoms with E-state index in [1.807, 2.05) is 26.8 Å². The molecule has 2 aliphatic rings. The Hall–Kier alpha value is -1.98. The standard InChI is InChI=1S/C25H33ClN2O3/c1-25(2,3)31-24(29)27-19-7-6-12-28(15-19)14-18-13-22(26)23(30-16-17-10-11-17)21-9-5-4-8-20(18)21/h4-5,8-9,13,17,19H,6-7,10-12,14-16H2,1-3H3,(H,27,29). The van der Waals surface area contributed by atoms with Crippen molar-refractivity contribution in [3.63, 3.8) is 0 Å². The molecule has 2 fully saturated rings. The second-order valence-corrected chi connectivity index (χ2v) is 10.3. The van der Waals surface area contributed by atoms with Crippen molar-refractivity contribution in [1.29, 1.82) is 0 Å². The fourth-order valence-corrected chi connectivity index (χ4v) is 4.47. The van der Waals surface area contributed by atoms with Gasteiger partial charge in [-0.05, 0) is 75.9 Å². The molecule has 5 nitrogen and oxygen atoms in total. The number of rotatable bonds is 6. The van der Waals surface area contributed by atoms with Gasteiger partial charge in [0.05, 0.1) is 11.6 Å². The van der Waals surface area contributed by atoms with E-state index >= 15 is 0 Å². The van der Waals surface area contributed by atoms with Gasteiger partial charge >= 0.3 is 6.09 Å². The van der Waals surface area contributed by atoms with E-state index in [1.54, 1.807) is 0 Å². The SMILES string of the molecule is CC(C)(C)OC(=O)NC1CCCN(Cc2cc(Cl)c(OCC3CC3)c3ccccc23)C1. The van der Waals surface area contributed by atoms with Gasteiger partial charge in [-0.15, -0.1) is 0 Å². The van der Waals surface area contributed by atoms with Crippen LogP contribution in [0.25, 0.3) is 10.8 Å². The molecule has 2 aromatic rings. The van der Waals surface area contributed by atoms with E-state index < -0.39 is 5.60 Å². The molecule has 0 spiro atoms. The number of likely N-dealkylation sites (tertiary alicyclic amines) is 1. The second kappa shape index (κ2) is 9.25. The molecule has 1 saturated heterocycles. The van der Waals surface area contributed by atoms with E-state index in [2.05, 4.69) is 34.5 Å². The van der Waals surface area contributed by atoms with Crippen molar-refractivity contribution >= 4 is 28.5 Å².